The molecule has 0 spiro atoms. The number of carbonyl (C=O) groups excluding carboxylic acids is 1. The fourth-order valence-electron chi connectivity index (χ4n) is 4.28. The van der Waals surface area contributed by atoms with Crippen LogP contribution < -0.4 is 10.2 Å². The fourth-order valence-corrected chi connectivity index (χ4v) is 4.28. The zero-order valence-electron chi connectivity index (χ0n) is 19.0. The van der Waals surface area contributed by atoms with Crippen LogP contribution in [0.1, 0.15) is 48.1 Å². The summed E-state index contributed by atoms with van der Waals surface area (Å²) in [6.07, 6.45) is 0. The molecule has 164 valence electrons. The van der Waals surface area contributed by atoms with Crippen LogP contribution in [-0.2, 0) is 6.54 Å². The lowest BCUT2D eigenvalue weighted by atomic mass is 10.1. The Hall–Kier alpha value is -2.34. The lowest BCUT2D eigenvalue weighted by Gasteiger charge is -2.36. The summed E-state index contributed by atoms with van der Waals surface area (Å²) in [6.45, 7) is 16.8. The summed E-state index contributed by atoms with van der Waals surface area (Å²) < 4.78 is 15.5. The van der Waals surface area contributed by atoms with Gasteiger partial charge in [0.2, 0.25) is 0 Å². The van der Waals surface area contributed by atoms with E-state index in [-0.39, 0.29) is 11.7 Å². The van der Waals surface area contributed by atoms with E-state index >= 15 is 0 Å². The zero-order chi connectivity index (χ0) is 21.8. The Morgan fingerprint density at radius 1 is 1.10 bits per heavy atom. The van der Waals surface area contributed by atoms with Crippen LogP contribution in [0.15, 0.2) is 24.3 Å². The molecule has 0 aliphatic carbocycles. The molecule has 2 heterocycles. The summed E-state index contributed by atoms with van der Waals surface area (Å²) in [5.74, 6) is 0.103. The molecule has 5 nitrogen and oxygen atoms in total. The molecule has 1 saturated heterocycles. The van der Waals surface area contributed by atoms with E-state index in [1.807, 2.05) is 0 Å². The smallest absolute Gasteiger partial charge is 0.268 e. The van der Waals surface area contributed by atoms with Gasteiger partial charge in [0.15, 0.2) is 0 Å². The highest BCUT2D eigenvalue weighted by atomic mass is 19.1. The molecular weight excluding hydrogens is 379 g/mol. The van der Waals surface area contributed by atoms with Crippen LogP contribution in [0.3, 0.4) is 0 Å². The van der Waals surface area contributed by atoms with E-state index < -0.39 is 0 Å². The molecule has 2 aromatic rings. The number of anilines is 1. The van der Waals surface area contributed by atoms with E-state index in [9.17, 15) is 9.18 Å². The van der Waals surface area contributed by atoms with Crippen molar-refractivity contribution in [3.8, 4) is 0 Å². The predicted molar refractivity (Wildman–Crippen MR) is 121 cm³/mol. The van der Waals surface area contributed by atoms with Gasteiger partial charge in [-0.1, -0.05) is 32.9 Å². The van der Waals surface area contributed by atoms with Crippen LogP contribution >= 0.6 is 0 Å². The van der Waals surface area contributed by atoms with Crippen molar-refractivity contribution >= 4 is 11.6 Å². The van der Waals surface area contributed by atoms with Gasteiger partial charge in [0.25, 0.3) is 5.91 Å². The van der Waals surface area contributed by atoms with Crippen LogP contribution in [0.4, 0.5) is 10.1 Å². The Labute approximate surface area is 179 Å². The summed E-state index contributed by atoms with van der Waals surface area (Å²) in [7, 11) is 0. The third kappa shape index (κ3) is 4.86. The minimum Gasteiger partial charge on any atom is -0.367 e. The SMILES string of the molecule is CCN1CCN(c2c(C)c(C(=O)NCC(C)C)n(Cc3ccc(F)cc3)c2C)CC1. The summed E-state index contributed by atoms with van der Waals surface area (Å²) in [5, 5.41) is 3.09. The van der Waals surface area contributed by atoms with E-state index in [2.05, 4.69) is 54.3 Å². The summed E-state index contributed by atoms with van der Waals surface area (Å²) in [5.41, 5.74) is 4.99. The molecule has 3 rings (SSSR count). The number of amides is 1. The molecule has 1 N–H and O–H groups in total. The number of rotatable bonds is 7. The number of benzene rings is 1. The number of hydrogen-bond acceptors (Lipinski definition) is 3. The highest BCUT2D eigenvalue weighted by molar-refractivity contribution is 5.96. The van der Waals surface area contributed by atoms with Gasteiger partial charge in [0.1, 0.15) is 11.5 Å². The van der Waals surface area contributed by atoms with Gasteiger partial charge < -0.3 is 19.7 Å². The maximum absolute atomic E-state index is 13.4. The third-order valence-corrected chi connectivity index (χ3v) is 6.00. The Balaban J connectivity index is 1.97. The summed E-state index contributed by atoms with van der Waals surface area (Å²) in [4.78, 5) is 18.0. The lowest BCUT2D eigenvalue weighted by Crippen LogP contribution is -2.46. The Morgan fingerprint density at radius 3 is 2.30 bits per heavy atom. The molecular formula is C24H35FN4O. The van der Waals surface area contributed by atoms with Crippen LogP contribution in [0.25, 0.3) is 0 Å². The third-order valence-electron chi connectivity index (χ3n) is 6.00. The number of halogens is 1. The molecule has 30 heavy (non-hydrogen) atoms. The molecule has 0 atom stereocenters. The summed E-state index contributed by atoms with van der Waals surface area (Å²) in [6, 6.07) is 6.54. The van der Waals surface area contributed by atoms with Gasteiger partial charge in [-0.2, -0.15) is 0 Å². The number of hydrogen-bond donors (Lipinski definition) is 1. The van der Waals surface area contributed by atoms with Crippen molar-refractivity contribution in [1.29, 1.82) is 0 Å². The minimum atomic E-state index is -0.247. The first-order valence-corrected chi connectivity index (χ1v) is 11.0. The van der Waals surface area contributed by atoms with Crippen LogP contribution in [-0.4, -0.2) is 54.6 Å². The molecule has 1 aromatic heterocycles. The molecule has 0 saturated carbocycles. The van der Waals surface area contributed by atoms with E-state index in [4.69, 9.17) is 0 Å². The second-order valence-corrected chi connectivity index (χ2v) is 8.65. The van der Waals surface area contributed by atoms with Crippen LogP contribution in [0.5, 0.6) is 0 Å². The molecule has 0 bridgehead atoms. The number of likely N-dealkylation sites (N-methyl/N-ethyl adjacent to an activating group) is 1. The van der Waals surface area contributed by atoms with E-state index in [0.29, 0.717) is 24.7 Å². The highest BCUT2D eigenvalue weighted by Gasteiger charge is 2.27. The van der Waals surface area contributed by atoms with Gasteiger partial charge in [0.05, 0.1) is 5.69 Å². The minimum absolute atomic E-state index is 0.0372. The van der Waals surface area contributed by atoms with Gasteiger partial charge in [-0.3, -0.25) is 4.79 Å². The van der Waals surface area contributed by atoms with Crippen LogP contribution in [0.2, 0.25) is 0 Å². The first-order valence-electron chi connectivity index (χ1n) is 11.0. The van der Waals surface area contributed by atoms with Crippen molar-refractivity contribution in [3.05, 3.63) is 52.6 Å². The van der Waals surface area contributed by atoms with Gasteiger partial charge in [-0.25, -0.2) is 4.39 Å². The van der Waals surface area contributed by atoms with E-state index in [0.717, 1.165) is 49.5 Å². The average molecular weight is 415 g/mol. The lowest BCUT2D eigenvalue weighted by molar-refractivity contribution is 0.0939. The molecule has 1 aliphatic heterocycles. The monoisotopic (exact) mass is 414 g/mol. The van der Waals surface area contributed by atoms with Crippen LogP contribution in [0, 0.1) is 25.6 Å². The van der Waals surface area contributed by atoms with E-state index in [1.165, 1.54) is 17.8 Å². The van der Waals surface area contributed by atoms with Gasteiger partial charge >= 0.3 is 0 Å². The van der Waals surface area contributed by atoms with Gasteiger partial charge in [0, 0.05) is 50.5 Å². The van der Waals surface area contributed by atoms with Gasteiger partial charge in [-0.05, 0) is 44.0 Å². The van der Waals surface area contributed by atoms with Crippen molar-refractivity contribution in [1.82, 2.24) is 14.8 Å². The number of nitrogens with zero attached hydrogens (tertiary/aromatic N) is 3. The van der Waals surface area contributed by atoms with Crippen molar-refractivity contribution in [3.63, 3.8) is 0 Å². The second-order valence-electron chi connectivity index (χ2n) is 8.65. The second kappa shape index (κ2) is 9.65. The molecule has 1 aliphatic rings. The largest absolute Gasteiger partial charge is 0.367 e. The first kappa shape index (κ1) is 22.3. The average Bonchev–Trinajstić information content (AvgIpc) is 2.97. The Morgan fingerprint density at radius 2 is 1.73 bits per heavy atom. The normalized spacial score (nSPS) is 15.1. The summed E-state index contributed by atoms with van der Waals surface area (Å²) >= 11 is 0. The first-order chi connectivity index (χ1) is 14.3. The van der Waals surface area contributed by atoms with E-state index in [1.54, 1.807) is 12.1 Å². The van der Waals surface area contributed by atoms with Crippen molar-refractivity contribution in [2.45, 2.75) is 41.2 Å². The standard InChI is InChI=1S/C24H35FN4O/c1-6-27-11-13-28(14-12-27)22-18(4)23(24(30)26-15-17(2)3)29(19(22)5)16-20-7-9-21(25)10-8-20/h7-10,17H,6,11-16H2,1-5H3,(H,26,30). The Kier molecular flexibility index (Phi) is 7.19. The molecule has 1 amide bonds. The number of nitrogens with one attached hydrogen (secondary N) is 1. The fraction of sp³-hybridized carbons (Fsp3) is 0.542. The molecule has 0 radical (unpaired) electrons. The number of aromatic nitrogens is 1. The quantitative estimate of drug-likeness (QED) is 0.749. The van der Waals surface area contributed by atoms with Crippen molar-refractivity contribution in [2.24, 2.45) is 5.92 Å². The number of carbonyl (C=O) groups is 1. The molecule has 6 heteroatoms. The number of piperazine rings is 1. The predicted octanol–water partition coefficient (Wildman–Crippen LogP) is 3.82. The molecule has 1 fully saturated rings. The van der Waals surface area contributed by atoms with Gasteiger partial charge in [-0.15, -0.1) is 0 Å². The molecule has 0 unspecified atom stereocenters. The molecule has 1 aromatic carbocycles. The van der Waals surface area contributed by atoms with Crippen molar-refractivity contribution < 1.29 is 9.18 Å². The maximum Gasteiger partial charge on any atom is 0.268 e. The highest BCUT2D eigenvalue weighted by Crippen LogP contribution is 2.32. The van der Waals surface area contributed by atoms with Crippen molar-refractivity contribution in [2.75, 3.05) is 44.2 Å². The maximum atomic E-state index is 13.4. The Bertz CT molecular complexity index is 864. The zero-order valence-corrected chi connectivity index (χ0v) is 19.0. The topological polar surface area (TPSA) is 40.5 Å².